The number of hydrogen-bond acceptors (Lipinski definition) is 1. The van der Waals surface area contributed by atoms with Gasteiger partial charge in [0, 0.05) is 11.5 Å². The molecule has 0 rings (SSSR count). The van der Waals surface area contributed by atoms with Crippen LogP contribution in [0.5, 0.6) is 0 Å². The number of nitrogens with one attached hydrogen (secondary N) is 1. The summed E-state index contributed by atoms with van der Waals surface area (Å²) in [5, 5.41) is 3.07. The third kappa shape index (κ3) is 7.72. The van der Waals surface area contributed by atoms with Gasteiger partial charge in [-0.25, -0.2) is 0 Å². The monoisotopic (exact) mass is 227 g/mol. The summed E-state index contributed by atoms with van der Waals surface area (Å²) < 4.78 is 0. The van der Waals surface area contributed by atoms with E-state index in [4.69, 9.17) is 0 Å². The van der Waals surface area contributed by atoms with Crippen molar-refractivity contribution in [3.05, 3.63) is 0 Å². The van der Waals surface area contributed by atoms with Crippen LogP contribution >= 0.6 is 0 Å². The first-order valence-electron chi connectivity index (χ1n) is 6.72. The second-order valence-corrected chi connectivity index (χ2v) is 5.69. The highest BCUT2D eigenvalue weighted by molar-refractivity contribution is 5.79. The molecule has 0 spiro atoms. The number of unbranched alkanes of at least 4 members (excludes halogenated alkanes) is 3. The summed E-state index contributed by atoms with van der Waals surface area (Å²) in [6, 6.07) is 0. The molecule has 0 aliphatic rings. The molecule has 0 aromatic rings. The summed E-state index contributed by atoms with van der Waals surface area (Å²) in [5.74, 6) is 0.433. The normalized spacial score (nSPS) is 13.6. The highest BCUT2D eigenvalue weighted by atomic mass is 16.2. The largest absolute Gasteiger partial charge is 0.351 e. The lowest BCUT2D eigenvalue weighted by atomic mass is 9.96. The molecular weight excluding hydrogens is 198 g/mol. The number of carbonyl (C=O) groups excluding carboxylic acids is 1. The summed E-state index contributed by atoms with van der Waals surface area (Å²) in [6.45, 7) is 10.4. The standard InChI is InChI=1S/C14H29NO/c1-6-8-9-10-11-12(7-2)13(16)15-14(3,4)5/h12H,6-11H2,1-5H3,(H,15,16). The lowest BCUT2D eigenvalue weighted by Crippen LogP contribution is -2.43. The van der Waals surface area contributed by atoms with E-state index < -0.39 is 0 Å². The Kier molecular flexibility index (Phi) is 7.44. The SMILES string of the molecule is CCCCCCC(CC)C(=O)NC(C)(C)C. The molecule has 0 radical (unpaired) electrons. The molecule has 96 valence electrons. The second-order valence-electron chi connectivity index (χ2n) is 5.69. The Morgan fingerprint density at radius 1 is 1.12 bits per heavy atom. The Hall–Kier alpha value is -0.530. The van der Waals surface area contributed by atoms with Gasteiger partial charge in [-0.2, -0.15) is 0 Å². The van der Waals surface area contributed by atoms with Crippen LogP contribution in [0.1, 0.15) is 73.1 Å². The van der Waals surface area contributed by atoms with E-state index in [1.807, 2.05) is 20.8 Å². The van der Waals surface area contributed by atoms with Crippen molar-refractivity contribution in [2.24, 2.45) is 5.92 Å². The van der Waals surface area contributed by atoms with E-state index in [1.165, 1.54) is 25.7 Å². The molecule has 0 saturated carbocycles. The van der Waals surface area contributed by atoms with Crippen LogP contribution in [0.25, 0.3) is 0 Å². The van der Waals surface area contributed by atoms with E-state index in [1.54, 1.807) is 0 Å². The first-order chi connectivity index (χ1) is 7.40. The van der Waals surface area contributed by atoms with Gasteiger partial charge in [0.15, 0.2) is 0 Å². The minimum absolute atomic E-state index is 0.103. The molecule has 16 heavy (non-hydrogen) atoms. The molecule has 0 heterocycles. The molecule has 1 N–H and O–H groups in total. The van der Waals surface area contributed by atoms with Crippen molar-refractivity contribution >= 4 is 5.91 Å². The molecule has 2 heteroatoms. The van der Waals surface area contributed by atoms with Crippen molar-refractivity contribution in [3.63, 3.8) is 0 Å². The molecule has 0 fully saturated rings. The summed E-state index contributed by atoms with van der Waals surface area (Å²) >= 11 is 0. The minimum Gasteiger partial charge on any atom is -0.351 e. The van der Waals surface area contributed by atoms with E-state index in [0.717, 1.165) is 12.8 Å². The lowest BCUT2D eigenvalue weighted by molar-refractivity contribution is -0.126. The molecular formula is C14H29NO. The van der Waals surface area contributed by atoms with Crippen molar-refractivity contribution in [1.82, 2.24) is 5.32 Å². The summed E-state index contributed by atoms with van der Waals surface area (Å²) in [5.41, 5.74) is -0.103. The molecule has 0 aromatic heterocycles. The van der Waals surface area contributed by atoms with Crippen LogP contribution < -0.4 is 5.32 Å². The second kappa shape index (κ2) is 7.70. The van der Waals surface area contributed by atoms with Gasteiger partial charge in [-0.3, -0.25) is 4.79 Å². The van der Waals surface area contributed by atoms with Gasteiger partial charge in [-0.05, 0) is 33.6 Å². The summed E-state index contributed by atoms with van der Waals surface area (Å²) in [4.78, 5) is 11.9. The van der Waals surface area contributed by atoms with Gasteiger partial charge in [0.1, 0.15) is 0 Å². The Morgan fingerprint density at radius 3 is 2.19 bits per heavy atom. The smallest absolute Gasteiger partial charge is 0.223 e. The average Bonchev–Trinajstić information content (AvgIpc) is 2.15. The van der Waals surface area contributed by atoms with Crippen molar-refractivity contribution in [2.75, 3.05) is 0 Å². The van der Waals surface area contributed by atoms with Crippen LogP contribution in [0.3, 0.4) is 0 Å². The fourth-order valence-electron chi connectivity index (χ4n) is 1.81. The maximum atomic E-state index is 11.9. The van der Waals surface area contributed by atoms with Crippen LogP contribution in [-0.4, -0.2) is 11.4 Å². The topological polar surface area (TPSA) is 29.1 Å². The predicted molar refractivity (Wildman–Crippen MR) is 70.4 cm³/mol. The molecule has 0 bridgehead atoms. The molecule has 0 aliphatic heterocycles. The van der Waals surface area contributed by atoms with Gasteiger partial charge in [0.05, 0.1) is 0 Å². The van der Waals surface area contributed by atoms with E-state index in [-0.39, 0.29) is 17.4 Å². The third-order valence-corrected chi connectivity index (χ3v) is 2.77. The van der Waals surface area contributed by atoms with E-state index >= 15 is 0 Å². The fourth-order valence-corrected chi connectivity index (χ4v) is 1.81. The van der Waals surface area contributed by atoms with E-state index in [0.29, 0.717) is 0 Å². The lowest BCUT2D eigenvalue weighted by Gasteiger charge is -2.24. The number of carbonyl (C=O) groups is 1. The number of rotatable bonds is 7. The van der Waals surface area contributed by atoms with Gasteiger partial charge in [-0.1, -0.05) is 39.5 Å². The molecule has 0 saturated heterocycles. The molecule has 0 aromatic carbocycles. The molecule has 1 atom stereocenters. The van der Waals surface area contributed by atoms with E-state index in [2.05, 4.69) is 19.2 Å². The maximum absolute atomic E-state index is 11.9. The van der Waals surface area contributed by atoms with Crippen LogP contribution in [0, 0.1) is 5.92 Å². The van der Waals surface area contributed by atoms with Crippen LogP contribution in [-0.2, 0) is 4.79 Å². The number of amides is 1. The van der Waals surface area contributed by atoms with Crippen molar-refractivity contribution in [1.29, 1.82) is 0 Å². The highest BCUT2D eigenvalue weighted by Gasteiger charge is 2.20. The van der Waals surface area contributed by atoms with Gasteiger partial charge in [0.2, 0.25) is 5.91 Å². The zero-order valence-corrected chi connectivity index (χ0v) is 11.7. The number of hydrogen-bond donors (Lipinski definition) is 1. The molecule has 2 nitrogen and oxygen atoms in total. The fraction of sp³-hybridized carbons (Fsp3) is 0.929. The Morgan fingerprint density at radius 2 is 1.75 bits per heavy atom. The van der Waals surface area contributed by atoms with Crippen LogP contribution in [0.15, 0.2) is 0 Å². The first-order valence-corrected chi connectivity index (χ1v) is 6.72. The van der Waals surface area contributed by atoms with E-state index in [9.17, 15) is 4.79 Å². The summed E-state index contributed by atoms with van der Waals surface area (Å²) in [7, 11) is 0. The first kappa shape index (κ1) is 15.5. The van der Waals surface area contributed by atoms with Crippen LogP contribution in [0.4, 0.5) is 0 Å². The predicted octanol–water partition coefficient (Wildman–Crippen LogP) is 3.90. The van der Waals surface area contributed by atoms with Gasteiger partial charge in [-0.15, -0.1) is 0 Å². The highest BCUT2D eigenvalue weighted by Crippen LogP contribution is 2.15. The zero-order chi connectivity index (χ0) is 12.6. The van der Waals surface area contributed by atoms with Crippen molar-refractivity contribution in [3.8, 4) is 0 Å². The Balaban J connectivity index is 3.93. The van der Waals surface area contributed by atoms with Crippen molar-refractivity contribution in [2.45, 2.75) is 78.7 Å². The Labute approximate surface area is 101 Å². The Bertz CT molecular complexity index is 193. The third-order valence-electron chi connectivity index (χ3n) is 2.77. The molecule has 1 unspecified atom stereocenters. The minimum atomic E-state index is -0.103. The van der Waals surface area contributed by atoms with Gasteiger partial charge in [0.25, 0.3) is 0 Å². The maximum Gasteiger partial charge on any atom is 0.223 e. The van der Waals surface area contributed by atoms with Gasteiger partial charge < -0.3 is 5.32 Å². The molecule has 0 aliphatic carbocycles. The average molecular weight is 227 g/mol. The van der Waals surface area contributed by atoms with Gasteiger partial charge >= 0.3 is 0 Å². The van der Waals surface area contributed by atoms with Crippen LogP contribution in [0.2, 0.25) is 0 Å². The summed E-state index contributed by atoms with van der Waals surface area (Å²) in [6.07, 6.45) is 6.98. The molecule has 1 amide bonds. The zero-order valence-electron chi connectivity index (χ0n) is 11.7. The van der Waals surface area contributed by atoms with Crippen molar-refractivity contribution < 1.29 is 4.79 Å². The quantitative estimate of drug-likeness (QED) is 0.657.